The number of aryl methyl sites for hydroxylation is 1. The van der Waals surface area contributed by atoms with E-state index < -0.39 is 17.6 Å². The summed E-state index contributed by atoms with van der Waals surface area (Å²) in [6.07, 6.45) is -1.59. The molecule has 2 heterocycles. The van der Waals surface area contributed by atoms with Gasteiger partial charge in [-0.2, -0.15) is 18.3 Å². The summed E-state index contributed by atoms with van der Waals surface area (Å²) in [7, 11) is 0. The maximum absolute atomic E-state index is 13.4. The highest BCUT2D eigenvalue weighted by atomic mass is 19.4. The van der Waals surface area contributed by atoms with Crippen LogP contribution in [0.2, 0.25) is 0 Å². The molecule has 0 radical (unpaired) electrons. The highest BCUT2D eigenvalue weighted by Crippen LogP contribution is 2.34. The average molecular weight is 394 g/mol. The molecular weight excluding hydrogens is 373 g/mol. The second-order valence-electron chi connectivity index (χ2n) is 6.77. The van der Waals surface area contributed by atoms with Crippen LogP contribution in [0.1, 0.15) is 36.9 Å². The molecule has 0 unspecified atom stereocenters. The third kappa shape index (κ3) is 4.52. The van der Waals surface area contributed by atoms with Gasteiger partial charge in [0, 0.05) is 19.0 Å². The van der Waals surface area contributed by atoms with Gasteiger partial charge in [-0.3, -0.25) is 9.59 Å². The van der Waals surface area contributed by atoms with Crippen LogP contribution in [0.5, 0.6) is 0 Å². The van der Waals surface area contributed by atoms with Gasteiger partial charge in [0.25, 0.3) is 0 Å². The third-order valence-corrected chi connectivity index (χ3v) is 4.54. The molecule has 0 spiro atoms. The number of hydrogen-bond donors (Lipinski definition) is 1. The molecule has 3 rings (SSSR count). The number of aromatic nitrogens is 2. The monoisotopic (exact) mass is 394 g/mol. The van der Waals surface area contributed by atoms with Crippen LogP contribution in [-0.4, -0.2) is 39.6 Å². The van der Waals surface area contributed by atoms with E-state index in [1.54, 1.807) is 6.92 Å². The van der Waals surface area contributed by atoms with Crippen LogP contribution in [0.4, 0.5) is 19.0 Å². The Morgan fingerprint density at radius 1 is 1.21 bits per heavy atom. The van der Waals surface area contributed by atoms with E-state index in [4.69, 9.17) is 0 Å². The highest BCUT2D eigenvalue weighted by molar-refractivity contribution is 5.94. The van der Waals surface area contributed by atoms with E-state index in [1.807, 2.05) is 0 Å². The van der Waals surface area contributed by atoms with Crippen LogP contribution in [0.3, 0.4) is 0 Å². The quantitative estimate of drug-likeness (QED) is 0.863. The molecule has 0 aliphatic carbocycles. The first-order valence-corrected chi connectivity index (χ1v) is 9.06. The van der Waals surface area contributed by atoms with Crippen molar-refractivity contribution in [2.75, 3.05) is 18.4 Å². The Balaban J connectivity index is 1.84. The Morgan fingerprint density at radius 2 is 1.96 bits per heavy atom. The number of alkyl halides is 3. The fourth-order valence-electron chi connectivity index (χ4n) is 3.23. The zero-order chi connectivity index (χ0) is 20.3. The van der Waals surface area contributed by atoms with E-state index in [0.717, 1.165) is 30.0 Å². The van der Waals surface area contributed by atoms with Crippen LogP contribution in [-0.2, 0) is 15.8 Å². The van der Waals surface area contributed by atoms with E-state index in [2.05, 4.69) is 10.4 Å². The van der Waals surface area contributed by atoms with Crippen molar-refractivity contribution in [3.63, 3.8) is 0 Å². The SMILES string of the molecule is Cc1cc(NC(=O)CN2CCCCCC2=O)n(-c2ccccc2C(F)(F)F)n1. The lowest BCUT2D eigenvalue weighted by atomic mass is 10.1. The molecular formula is C19H21F3N4O2. The molecule has 1 aromatic carbocycles. The first-order chi connectivity index (χ1) is 13.3. The number of nitrogens with one attached hydrogen (secondary N) is 1. The zero-order valence-electron chi connectivity index (χ0n) is 15.4. The fraction of sp³-hybridized carbons (Fsp3) is 0.421. The Kier molecular flexibility index (Phi) is 5.71. The summed E-state index contributed by atoms with van der Waals surface area (Å²) < 4.78 is 41.1. The Labute approximate surface area is 160 Å². The van der Waals surface area contributed by atoms with Gasteiger partial charge in [-0.05, 0) is 31.9 Å². The average Bonchev–Trinajstić information content (AvgIpc) is 2.86. The number of carbonyl (C=O) groups is 2. The number of benzene rings is 1. The molecule has 1 aliphatic rings. The molecule has 0 atom stereocenters. The van der Waals surface area contributed by atoms with Crippen LogP contribution >= 0.6 is 0 Å². The number of carbonyl (C=O) groups excluding carboxylic acids is 2. The first-order valence-electron chi connectivity index (χ1n) is 9.06. The van der Waals surface area contributed by atoms with Crippen molar-refractivity contribution >= 4 is 17.6 Å². The standard InChI is InChI=1S/C19H21F3N4O2/c1-13-11-16(23-17(27)12-25-10-6-2-3-9-18(25)28)26(24-13)15-8-5-4-7-14(15)19(20,21)22/h4-5,7-8,11H,2-3,6,9-10,12H2,1H3,(H,23,27). The molecule has 28 heavy (non-hydrogen) atoms. The fourth-order valence-corrected chi connectivity index (χ4v) is 3.23. The third-order valence-electron chi connectivity index (χ3n) is 4.54. The number of anilines is 1. The predicted octanol–water partition coefficient (Wildman–Crippen LogP) is 3.54. The van der Waals surface area contributed by atoms with Gasteiger partial charge in [0.15, 0.2) is 0 Å². The van der Waals surface area contributed by atoms with Crippen molar-refractivity contribution in [3.8, 4) is 5.69 Å². The second kappa shape index (κ2) is 8.04. The molecule has 150 valence electrons. The number of likely N-dealkylation sites (tertiary alicyclic amines) is 1. The summed E-state index contributed by atoms with van der Waals surface area (Å²) in [6, 6.07) is 6.53. The molecule has 6 nitrogen and oxygen atoms in total. The van der Waals surface area contributed by atoms with Gasteiger partial charge in [0.05, 0.1) is 23.5 Å². The molecule has 1 aromatic heterocycles. The molecule has 1 aliphatic heterocycles. The lowest BCUT2D eigenvalue weighted by Gasteiger charge is -2.20. The Bertz CT molecular complexity index is 876. The maximum Gasteiger partial charge on any atom is 0.418 e. The summed E-state index contributed by atoms with van der Waals surface area (Å²) in [5.74, 6) is -0.429. The maximum atomic E-state index is 13.4. The molecule has 1 saturated heterocycles. The van der Waals surface area contributed by atoms with Crippen molar-refractivity contribution in [2.24, 2.45) is 0 Å². The summed E-state index contributed by atoms with van der Waals surface area (Å²) >= 11 is 0. The van der Waals surface area contributed by atoms with E-state index in [9.17, 15) is 22.8 Å². The summed E-state index contributed by atoms with van der Waals surface area (Å²) in [6.45, 7) is 1.99. The summed E-state index contributed by atoms with van der Waals surface area (Å²) in [5.41, 5.74) is -0.571. The zero-order valence-corrected chi connectivity index (χ0v) is 15.4. The number of halogens is 3. The van der Waals surface area contributed by atoms with Crippen molar-refractivity contribution in [1.29, 1.82) is 0 Å². The number of rotatable bonds is 4. The van der Waals surface area contributed by atoms with Gasteiger partial charge >= 0.3 is 6.18 Å². The van der Waals surface area contributed by atoms with E-state index in [1.165, 1.54) is 29.2 Å². The lowest BCUT2D eigenvalue weighted by molar-refractivity contribution is -0.137. The topological polar surface area (TPSA) is 67.2 Å². The summed E-state index contributed by atoms with van der Waals surface area (Å²) in [4.78, 5) is 26.0. The molecule has 2 aromatic rings. The minimum Gasteiger partial charge on any atom is -0.333 e. The number of para-hydroxylation sites is 1. The first kappa shape index (κ1) is 19.9. The van der Waals surface area contributed by atoms with E-state index >= 15 is 0 Å². The number of amides is 2. The van der Waals surface area contributed by atoms with Gasteiger partial charge in [0.1, 0.15) is 5.82 Å². The van der Waals surface area contributed by atoms with Gasteiger partial charge in [-0.25, -0.2) is 4.68 Å². The highest BCUT2D eigenvalue weighted by Gasteiger charge is 2.34. The van der Waals surface area contributed by atoms with Crippen molar-refractivity contribution in [3.05, 3.63) is 41.6 Å². The minimum atomic E-state index is -4.56. The van der Waals surface area contributed by atoms with Crippen molar-refractivity contribution in [2.45, 2.75) is 38.8 Å². The van der Waals surface area contributed by atoms with Gasteiger partial charge < -0.3 is 10.2 Å². The van der Waals surface area contributed by atoms with Crippen LogP contribution in [0, 0.1) is 6.92 Å². The van der Waals surface area contributed by atoms with Gasteiger partial charge in [0.2, 0.25) is 11.8 Å². The van der Waals surface area contributed by atoms with Gasteiger partial charge in [-0.1, -0.05) is 18.6 Å². The second-order valence-corrected chi connectivity index (χ2v) is 6.77. The summed E-state index contributed by atoms with van der Waals surface area (Å²) in [5, 5.41) is 6.70. The molecule has 0 bridgehead atoms. The number of nitrogens with zero attached hydrogens (tertiary/aromatic N) is 3. The minimum absolute atomic E-state index is 0.0836. The van der Waals surface area contributed by atoms with Crippen molar-refractivity contribution < 1.29 is 22.8 Å². The van der Waals surface area contributed by atoms with Gasteiger partial charge in [-0.15, -0.1) is 0 Å². The lowest BCUT2D eigenvalue weighted by Crippen LogP contribution is -2.37. The Hall–Kier alpha value is -2.84. The molecule has 1 N–H and O–H groups in total. The molecule has 9 heteroatoms. The molecule has 1 fully saturated rings. The van der Waals surface area contributed by atoms with Crippen molar-refractivity contribution in [1.82, 2.24) is 14.7 Å². The van der Waals surface area contributed by atoms with Crippen LogP contribution < -0.4 is 5.32 Å². The van der Waals surface area contributed by atoms with Crippen LogP contribution in [0.15, 0.2) is 30.3 Å². The molecule has 0 saturated carbocycles. The normalized spacial score (nSPS) is 15.4. The van der Waals surface area contributed by atoms with E-state index in [-0.39, 0.29) is 24.0 Å². The van der Waals surface area contributed by atoms with E-state index in [0.29, 0.717) is 18.7 Å². The number of hydrogen-bond acceptors (Lipinski definition) is 3. The van der Waals surface area contributed by atoms with Crippen LogP contribution in [0.25, 0.3) is 5.69 Å². The largest absolute Gasteiger partial charge is 0.418 e. The Morgan fingerprint density at radius 3 is 2.71 bits per heavy atom. The smallest absolute Gasteiger partial charge is 0.333 e. The molecule has 2 amide bonds. The predicted molar refractivity (Wildman–Crippen MR) is 97.0 cm³/mol.